The summed E-state index contributed by atoms with van der Waals surface area (Å²) in [5.74, 6) is -0.377. The van der Waals surface area contributed by atoms with Crippen LogP contribution in [0, 0.1) is 22.7 Å². The summed E-state index contributed by atoms with van der Waals surface area (Å²) in [6.07, 6.45) is -8.92. The molecular formula is C24H27N10O13P. The number of anilines is 2. The Labute approximate surface area is 266 Å². The quantitative estimate of drug-likeness (QED) is 0.0495. The summed E-state index contributed by atoms with van der Waals surface area (Å²) in [4.78, 5) is 50.3. The second kappa shape index (κ2) is 13.9. The van der Waals surface area contributed by atoms with Crippen molar-refractivity contribution >= 4 is 42.3 Å². The molecule has 3 unspecified atom stereocenters. The molecule has 2 fully saturated rings. The molecular weight excluding hydrogens is 667 g/mol. The summed E-state index contributed by atoms with van der Waals surface area (Å²) in [5.41, 5.74) is 9.77. The van der Waals surface area contributed by atoms with Gasteiger partial charge in [0, 0.05) is 12.4 Å². The minimum absolute atomic E-state index is 0.00874. The maximum absolute atomic E-state index is 12.0. The van der Waals surface area contributed by atoms with Crippen LogP contribution in [0.25, 0.3) is 22.1 Å². The van der Waals surface area contributed by atoms with E-state index in [2.05, 4.69) is 29.5 Å². The zero-order chi connectivity index (χ0) is 35.0. The van der Waals surface area contributed by atoms with Crippen LogP contribution in [0.1, 0.15) is 23.6 Å². The molecule has 0 saturated carbocycles. The van der Waals surface area contributed by atoms with Gasteiger partial charge in [-0.25, -0.2) is 0 Å². The lowest BCUT2D eigenvalue weighted by Gasteiger charge is -2.17. The third-order valence-corrected chi connectivity index (χ3v) is 7.75. The molecule has 0 amide bonds. The van der Waals surface area contributed by atoms with Gasteiger partial charge < -0.3 is 65.6 Å². The number of nitrogens with zero attached hydrogens (tertiary/aromatic N) is 6. The molecule has 48 heavy (non-hydrogen) atoms. The molecule has 4 aromatic heterocycles. The Hall–Kier alpha value is -4.59. The molecule has 256 valence electrons. The molecule has 2 aliphatic rings. The van der Waals surface area contributed by atoms with E-state index in [1.165, 1.54) is 17.0 Å². The van der Waals surface area contributed by atoms with Crippen LogP contribution >= 0.6 is 8.38 Å². The summed E-state index contributed by atoms with van der Waals surface area (Å²) in [7, 11) is -2.30. The first kappa shape index (κ1) is 34.7. The molecule has 6 heterocycles. The van der Waals surface area contributed by atoms with Crippen molar-refractivity contribution in [3.05, 3.63) is 44.2 Å². The number of nitrogens with one attached hydrogen (secondary N) is 2. The van der Waals surface area contributed by atoms with Crippen molar-refractivity contribution in [1.82, 2.24) is 29.1 Å². The van der Waals surface area contributed by atoms with Gasteiger partial charge >= 0.3 is 0 Å². The summed E-state index contributed by atoms with van der Waals surface area (Å²) in [6, 6.07) is 3.68. The van der Waals surface area contributed by atoms with Gasteiger partial charge in [-0.1, -0.05) is 0 Å². The van der Waals surface area contributed by atoms with E-state index in [-0.39, 0.29) is 45.1 Å². The van der Waals surface area contributed by atoms with Crippen molar-refractivity contribution in [2.45, 2.75) is 49.3 Å². The number of ether oxygens (including phenoxy) is 2. The van der Waals surface area contributed by atoms with E-state index >= 15 is 0 Å². The van der Waals surface area contributed by atoms with E-state index in [0.717, 1.165) is 4.57 Å². The van der Waals surface area contributed by atoms with E-state index in [9.17, 15) is 35.3 Å². The Morgan fingerprint density at radius 3 is 1.77 bits per heavy atom. The van der Waals surface area contributed by atoms with Gasteiger partial charge in [0.25, 0.3) is 11.1 Å². The van der Waals surface area contributed by atoms with Crippen molar-refractivity contribution < 1.29 is 54.6 Å². The van der Waals surface area contributed by atoms with Crippen LogP contribution in [0.3, 0.4) is 0 Å². The molecule has 4 aromatic rings. The molecule has 24 heteroatoms. The minimum atomic E-state index is -2.30. The zero-order valence-corrected chi connectivity index (χ0v) is 24.9. The maximum atomic E-state index is 12.0. The van der Waals surface area contributed by atoms with Crippen LogP contribution in [0.2, 0.25) is 0 Å². The predicted octanol–water partition coefficient (Wildman–Crippen LogP) is -4.25. The number of rotatable bonds is 7. The lowest BCUT2D eigenvalue weighted by molar-refractivity contribution is -0.332. The first-order valence-corrected chi connectivity index (χ1v) is 14.9. The minimum Gasteiger partial charge on any atom is -0.394 e. The Bertz CT molecular complexity index is 2020. The SMILES string of the molecule is N#Cc1cn([C@@H]2O[C@H](CO)C(O)[C@@H]2O)c2nc(N)[nH]c(=O)c12.N#Cc1cn([C@@H]2O[C@H](OOP(O)CO)C(O)[C@@H]2O)c2nc(N)[nH]c(=O)c12. The summed E-state index contributed by atoms with van der Waals surface area (Å²) in [6.45, 7) is -0.491. The van der Waals surface area contributed by atoms with E-state index in [1.807, 2.05) is 12.1 Å². The number of hydrogen-bond donors (Lipinski definition) is 11. The van der Waals surface area contributed by atoms with Gasteiger partial charge in [0.1, 0.15) is 59.8 Å². The zero-order valence-electron chi connectivity index (χ0n) is 24.1. The van der Waals surface area contributed by atoms with Crippen LogP contribution in [0.5, 0.6) is 0 Å². The van der Waals surface area contributed by atoms with Gasteiger partial charge in [0.2, 0.25) is 26.6 Å². The topological polar surface area (TPSA) is 380 Å². The first-order valence-electron chi connectivity index (χ1n) is 13.5. The molecule has 23 nitrogen and oxygen atoms in total. The monoisotopic (exact) mass is 694 g/mol. The molecule has 2 saturated heterocycles. The maximum Gasteiger partial charge on any atom is 0.263 e. The number of H-pyrrole nitrogens is 2. The summed E-state index contributed by atoms with van der Waals surface area (Å²) < 4.78 is 17.6. The first-order chi connectivity index (χ1) is 22.8. The molecule has 0 aromatic carbocycles. The molecule has 13 N–H and O–H groups in total. The van der Waals surface area contributed by atoms with Crippen molar-refractivity contribution in [3.63, 3.8) is 0 Å². The van der Waals surface area contributed by atoms with Crippen LogP contribution in [-0.4, -0.2) is 114 Å². The Balaban J connectivity index is 0.000000190. The predicted molar refractivity (Wildman–Crippen MR) is 156 cm³/mol. The van der Waals surface area contributed by atoms with E-state index in [0.29, 0.717) is 0 Å². The highest BCUT2D eigenvalue weighted by molar-refractivity contribution is 7.45. The lowest BCUT2D eigenvalue weighted by Crippen LogP contribution is -2.33. The Kier molecular flexibility index (Phi) is 10.0. The van der Waals surface area contributed by atoms with Crippen molar-refractivity contribution in [1.29, 1.82) is 10.5 Å². The average Bonchev–Trinajstić information content (AvgIpc) is 3.77. The van der Waals surface area contributed by atoms with Gasteiger partial charge in [0.05, 0.1) is 17.7 Å². The van der Waals surface area contributed by atoms with Crippen molar-refractivity contribution in [2.75, 3.05) is 24.4 Å². The molecule has 0 spiro atoms. The third-order valence-electron chi connectivity index (χ3n) is 7.25. The summed E-state index contributed by atoms with van der Waals surface area (Å²) >= 11 is 0. The number of aromatic amines is 2. The van der Waals surface area contributed by atoms with Crippen LogP contribution in [0.15, 0.2) is 22.0 Å². The number of fused-ring (bicyclic) bond motifs is 2. The molecule has 0 bridgehead atoms. The van der Waals surface area contributed by atoms with Gasteiger partial charge in [-0.15, -0.1) is 0 Å². The van der Waals surface area contributed by atoms with Crippen LogP contribution in [0.4, 0.5) is 11.9 Å². The fourth-order valence-electron chi connectivity index (χ4n) is 5.07. The van der Waals surface area contributed by atoms with Gasteiger partial charge in [0.15, 0.2) is 23.8 Å². The van der Waals surface area contributed by atoms with Gasteiger partial charge in [-0.05, 0) is 0 Å². The summed E-state index contributed by atoms with van der Waals surface area (Å²) in [5, 5.41) is 76.2. The smallest absolute Gasteiger partial charge is 0.263 e. The number of nitrogens with two attached hydrogens (primary N) is 2. The van der Waals surface area contributed by atoms with Crippen molar-refractivity contribution in [3.8, 4) is 12.1 Å². The second-order valence-electron chi connectivity index (χ2n) is 10.2. The fourth-order valence-corrected chi connectivity index (χ4v) is 5.30. The van der Waals surface area contributed by atoms with Gasteiger partial charge in [-0.2, -0.15) is 30.1 Å². The number of nitrogen functional groups attached to an aromatic ring is 2. The molecule has 0 radical (unpaired) electrons. The normalized spacial score (nSPS) is 27.4. The number of nitriles is 2. The van der Waals surface area contributed by atoms with E-state index in [4.69, 9.17) is 41.3 Å². The molecule has 0 aliphatic carbocycles. The highest BCUT2D eigenvalue weighted by Gasteiger charge is 2.47. The highest BCUT2D eigenvalue weighted by Crippen LogP contribution is 2.37. The standard InChI is InChI=1S/C12H14N5O8P.C12H13N5O5/c13-1-4-2-17(8-5(4)9(21)16-12(14)15-8)10-6(19)7(20)11(23-10)24-25-26(22)3-18;13-1-4-2-17(9-6(4)10(21)16-12(14)15-9)11-8(20)7(19)5(3-18)22-11/h2,6-7,10-11,18-20,22H,3H2,(H3,14,15,16,21);2,5,7-8,11,18-20H,3H2,(H3,14,15,16,21)/t6-,7?,10+,11+,26?;5-,7?,8+,11-/m01/s1. The van der Waals surface area contributed by atoms with Crippen molar-refractivity contribution in [2.24, 2.45) is 0 Å². The largest absolute Gasteiger partial charge is 0.394 e. The van der Waals surface area contributed by atoms with Crippen LogP contribution < -0.4 is 22.6 Å². The second-order valence-corrected chi connectivity index (χ2v) is 11.3. The number of aromatic nitrogens is 6. The fraction of sp³-hybridized carbons (Fsp3) is 0.417. The highest BCUT2D eigenvalue weighted by atomic mass is 31.2. The molecule has 6 rings (SSSR count). The molecule has 9 atom stereocenters. The third kappa shape index (κ3) is 6.20. The lowest BCUT2D eigenvalue weighted by atomic mass is 10.1. The van der Waals surface area contributed by atoms with Crippen LogP contribution in [-0.2, 0) is 19.0 Å². The van der Waals surface area contributed by atoms with E-state index < -0.39 is 81.7 Å². The number of aliphatic hydroxyl groups is 6. The number of hydrogen-bond acceptors (Lipinski definition) is 19. The van der Waals surface area contributed by atoms with E-state index in [1.54, 1.807) is 0 Å². The Morgan fingerprint density at radius 2 is 1.33 bits per heavy atom. The number of aliphatic hydroxyl groups excluding tert-OH is 6. The average molecular weight is 695 g/mol. The van der Waals surface area contributed by atoms with Gasteiger partial charge in [-0.3, -0.25) is 19.6 Å². The molecule has 2 aliphatic heterocycles. The Morgan fingerprint density at radius 1 is 0.854 bits per heavy atom.